The number of nitrogens with one attached hydrogen (secondary N) is 1. The van der Waals surface area contributed by atoms with Crippen LogP contribution in [0.5, 0.6) is 5.75 Å². The fraction of sp³-hybridized carbons (Fsp3) is 0.500. The Bertz CT molecular complexity index is 666. The zero-order valence-electron chi connectivity index (χ0n) is 13.0. The lowest BCUT2D eigenvalue weighted by atomic mass is 9.95. The molecule has 24 heavy (non-hydrogen) atoms. The van der Waals surface area contributed by atoms with E-state index in [2.05, 4.69) is 5.32 Å². The van der Waals surface area contributed by atoms with Gasteiger partial charge in [-0.25, -0.2) is 9.18 Å². The van der Waals surface area contributed by atoms with E-state index in [1.807, 2.05) is 0 Å². The van der Waals surface area contributed by atoms with Gasteiger partial charge in [-0.3, -0.25) is 4.79 Å². The minimum atomic E-state index is -1.04. The molecule has 1 saturated heterocycles. The van der Waals surface area contributed by atoms with Gasteiger partial charge in [0.05, 0.1) is 24.9 Å². The highest BCUT2D eigenvalue weighted by Crippen LogP contribution is 2.34. The summed E-state index contributed by atoms with van der Waals surface area (Å²) in [4.78, 5) is 23.5. The lowest BCUT2D eigenvalue weighted by molar-refractivity contribution is -0.116. The van der Waals surface area contributed by atoms with Gasteiger partial charge in [0.2, 0.25) is 5.91 Å². The highest BCUT2D eigenvalue weighted by Gasteiger charge is 2.31. The van der Waals surface area contributed by atoms with Crippen LogP contribution >= 0.6 is 0 Å². The average molecular weight is 338 g/mol. The van der Waals surface area contributed by atoms with Crippen LogP contribution in [0.15, 0.2) is 12.1 Å². The minimum absolute atomic E-state index is 0.0565. The molecule has 1 aromatic carbocycles. The summed E-state index contributed by atoms with van der Waals surface area (Å²) >= 11 is 0. The maximum atomic E-state index is 13.8. The second-order valence-corrected chi connectivity index (χ2v) is 6.10. The number of benzene rings is 1. The highest BCUT2D eigenvalue weighted by atomic mass is 19.1. The number of nitrogens with zero attached hydrogens (tertiary/aromatic N) is 1. The smallest absolute Gasteiger partial charge is 0.407 e. The third kappa shape index (κ3) is 3.28. The van der Waals surface area contributed by atoms with Crippen molar-refractivity contribution < 1.29 is 28.9 Å². The molecular formula is C16H19FN2O5. The molecule has 0 aliphatic carbocycles. The SMILES string of the molecule is O=C1CCc2c(OC[C@@H]3CCN(C(=O)O)C[C@H]3O)ccc(F)c2N1. The van der Waals surface area contributed by atoms with E-state index in [1.165, 1.54) is 17.0 Å². The topological polar surface area (TPSA) is 99.1 Å². The van der Waals surface area contributed by atoms with Gasteiger partial charge in [0.1, 0.15) is 11.6 Å². The quantitative estimate of drug-likeness (QED) is 0.775. The van der Waals surface area contributed by atoms with Crippen LogP contribution in [0.25, 0.3) is 0 Å². The number of halogens is 1. The van der Waals surface area contributed by atoms with Crippen LogP contribution in [0, 0.1) is 11.7 Å². The Morgan fingerprint density at radius 1 is 1.42 bits per heavy atom. The number of fused-ring (bicyclic) bond motifs is 1. The number of anilines is 1. The number of likely N-dealkylation sites (tertiary alicyclic amines) is 1. The Hall–Kier alpha value is -2.35. The summed E-state index contributed by atoms with van der Waals surface area (Å²) in [7, 11) is 0. The number of rotatable bonds is 3. The van der Waals surface area contributed by atoms with E-state index >= 15 is 0 Å². The van der Waals surface area contributed by atoms with E-state index in [1.54, 1.807) is 0 Å². The third-order valence-corrected chi connectivity index (χ3v) is 4.53. The number of piperidine rings is 1. The second-order valence-electron chi connectivity index (χ2n) is 6.10. The number of carbonyl (C=O) groups excluding carboxylic acids is 1. The van der Waals surface area contributed by atoms with E-state index in [9.17, 15) is 19.1 Å². The molecule has 2 atom stereocenters. The summed E-state index contributed by atoms with van der Waals surface area (Å²) in [6.07, 6.45) is -0.684. The first kappa shape index (κ1) is 16.5. The van der Waals surface area contributed by atoms with E-state index in [0.717, 1.165) is 0 Å². The Labute approximate surface area is 138 Å². The van der Waals surface area contributed by atoms with Gasteiger partial charge < -0.3 is 25.2 Å². The van der Waals surface area contributed by atoms with Crippen molar-refractivity contribution in [1.82, 2.24) is 4.90 Å². The van der Waals surface area contributed by atoms with E-state index in [0.29, 0.717) is 30.7 Å². The Morgan fingerprint density at radius 3 is 2.92 bits per heavy atom. The number of hydrogen-bond donors (Lipinski definition) is 3. The molecule has 0 spiro atoms. The second kappa shape index (κ2) is 6.64. The first-order chi connectivity index (χ1) is 11.5. The summed E-state index contributed by atoms with van der Waals surface area (Å²) in [5.41, 5.74) is 0.775. The molecule has 3 N–H and O–H groups in total. The largest absolute Gasteiger partial charge is 0.493 e. The number of ether oxygens (including phenoxy) is 1. The van der Waals surface area contributed by atoms with Crippen LogP contribution < -0.4 is 10.1 Å². The number of β-amino-alcohol motifs (C(OH)–C–C–N with tert-alkyl or cyclic N) is 1. The number of aliphatic hydroxyl groups is 1. The first-order valence-corrected chi connectivity index (χ1v) is 7.85. The molecule has 0 saturated carbocycles. The maximum absolute atomic E-state index is 13.8. The van der Waals surface area contributed by atoms with Gasteiger partial charge in [-0.2, -0.15) is 0 Å². The Kier molecular flexibility index (Phi) is 4.57. The fourth-order valence-corrected chi connectivity index (χ4v) is 3.10. The van der Waals surface area contributed by atoms with Gasteiger partial charge >= 0.3 is 6.09 Å². The summed E-state index contributed by atoms with van der Waals surface area (Å²) in [6, 6.07) is 2.76. The standard InChI is InChI=1S/C16H19FN2O5/c17-11-2-3-13(10-1-4-14(21)18-15(10)11)24-8-9-5-6-19(16(22)23)7-12(9)20/h2-3,9,12,20H,1,4-8H2,(H,18,21)(H,22,23)/t9-,12+/m0/s1. The molecule has 2 aliphatic rings. The highest BCUT2D eigenvalue weighted by molar-refractivity contribution is 5.94. The van der Waals surface area contributed by atoms with Gasteiger partial charge in [0.15, 0.2) is 0 Å². The first-order valence-electron chi connectivity index (χ1n) is 7.85. The van der Waals surface area contributed by atoms with Crippen LogP contribution in [-0.2, 0) is 11.2 Å². The monoisotopic (exact) mass is 338 g/mol. The normalized spacial score (nSPS) is 23.4. The van der Waals surface area contributed by atoms with Crippen LogP contribution in [0.4, 0.5) is 14.9 Å². The summed E-state index contributed by atoms with van der Waals surface area (Å²) in [5.74, 6) is -0.436. The molecule has 1 aromatic rings. The number of carbonyl (C=O) groups is 2. The van der Waals surface area contributed by atoms with Crippen molar-refractivity contribution >= 4 is 17.7 Å². The van der Waals surface area contributed by atoms with Gasteiger partial charge in [-0.05, 0) is 25.0 Å². The molecule has 8 heteroatoms. The van der Waals surface area contributed by atoms with Crippen LogP contribution in [0.1, 0.15) is 18.4 Å². The summed E-state index contributed by atoms with van der Waals surface area (Å²) in [6.45, 7) is 0.611. The molecule has 2 heterocycles. The van der Waals surface area contributed by atoms with Crippen LogP contribution in [0.3, 0.4) is 0 Å². The molecule has 2 amide bonds. The van der Waals surface area contributed by atoms with Gasteiger partial charge in [0, 0.05) is 24.4 Å². The molecule has 1 fully saturated rings. The molecular weight excluding hydrogens is 319 g/mol. The van der Waals surface area contributed by atoms with E-state index < -0.39 is 18.0 Å². The molecule has 0 unspecified atom stereocenters. The van der Waals surface area contributed by atoms with Crippen molar-refractivity contribution in [3.05, 3.63) is 23.5 Å². The zero-order chi connectivity index (χ0) is 17.3. The maximum Gasteiger partial charge on any atom is 0.407 e. The minimum Gasteiger partial charge on any atom is -0.493 e. The van der Waals surface area contributed by atoms with Crippen LogP contribution in [0.2, 0.25) is 0 Å². The van der Waals surface area contributed by atoms with Crippen molar-refractivity contribution in [2.45, 2.75) is 25.4 Å². The van der Waals surface area contributed by atoms with Gasteiger partial charge in [-0.1, -0.05) is 0 Å². The zero-order valence-corrected chi connectivity index (χ0v) is 13.0. The fourth-order valence-electron chi connectivity index (χ4n) is 3.10. The van der Waals surface area contributed by atoms with Crippen molar-refractivity contribution in [2.75, 3.05) is 25.0 Å². The molecule has 0 bridgehead atoms. The van der Waals surface area contributed by atoms with Gasteiger partial charge in [-0.15, -0.1) is 0 Å². The average Bonchev–Trinajstić information content (AvgIpc) is 2.55. The van der Waals surface area contributed by atoms with E-state index in [-0.39, 0.29) is 37.1 Å². The molecule has 130 valence electrons. The number of amides is 2. The lowest BCUT2D eigenvalue weighted by Crippen LogP contribution is -2.47. The van der Waals surface area contributed by atoms with Crippen molar-refractivity contribution in [1.29, 1.82) is 0 Å². The molecule has 3 rings (SSSR count). The van der Waals surface area contributed by atoms with Crippen LogP contribution in [-0.4, -0.2) is 52.9 Å². The molecule has 0 radical (unpaired) electrons. The van der Waals surface area contributed by atoms with E-state index in [4.69, 9.17) is 9.84 Å². The summed E-state index contributed by atoms with van der Waals surface area (Å²) in [5, 5.41) is 21.5. The molecule has 2 aliphatic heterocycles. The predicted octanol–water partition coefficient (Wildman–Crippen LogP) is 1.45. The predicted molar refractivity (Wildman–Crippen MR) is 82.6 cm³/mol. The Morgan fingerprint density at radius 2 is 2.21 bits per heavy atom. The van der Waals surface area contributed by atoms with Crippen molar-refractivity contribution in [2.24, 2.45) is 5.92 Å². The Balaban J connectivity index is 1.66. The molecule has 0 aromatic heterocycles. The third-order valence-electron chi connectivity index (χ3n) is 4.53. The number of carboxylic acid groups (broad SMARTS) is 1. The summed E-state index contributed by atoms with van der Waals surface area (Å²) < 4.78 is 19.6. The lowest BCUT2D eigenvalue weighted by Gasteiger charge is -2.34. The van der Waals surface area contributed by atoms with Crippen molar-refractivity contribution in [3.63, 3.8) is 0 Å². The molecule has 7 nitrogen and oxygen atoms in total. The number of aliphatic hydroxyl groups excluding tert-OH is 1. The van der Waals surface area contributed by atoms with Gasteiger partial charge in [0.25, 0.3) is 0 Å². The number of hydrogen-bond acceptors (Lipinski definition) is 4. The van der Waals surface area contributed by atoms with Crippen molar-refractivity contribution in [3.8, 4) is 5.75 Å².